The average molecular weight is 367 g/mol. The third-order valence-corrected chi connectivity index (χ3v) is 4.77. The maximum atomic E-state index is 12.5. The Balaban J connectivity index is 1.78. The Morgan fingerprint density at radius 2 is 1.73 bits per heavy atom. The minimum Gasteiger partial charge on any atom is -0.488 e. The summed E-state index contributed by atoms with van der Waals surface area (Å²) in [6.45, 7) is 4.86. The van der Waals surface area contributed by atoms with Crippen molar-refractivity contribution in [2.45, 2.75) is 20.5 Å². The number of carbonyl (C=O) groups excluding carboxylic acids is 2. The fourth-order valence-corrected chi connectivity index (χ4v) is 3.47. The highest BCUT2D eigenvalue weighted by atomic mass is 32.2. The number of nitrogens with zero attached hydrogens (tertiary/aromatic N) is 1. The Hall–Kier alpha value is -2.53. The monoisotopic (exact) mass is 367 g/mol. The number of hydrogen-bond acceptors (Lipinski definition) is 4. The van der Waals surface area contributed by atoms with E-state index in [4.69, 9.17) is 4.74 Å². The Kier molecular flexibility index (Phi) is 5.78. The molecule has 0 N–H and O–H groups in total. The molecule has 1 saturated heterocycles. The molecule has 2 amide bonds. The molecule has 4 nitrogen and oxygen atoms in total. The van der Waals surface area contributed by atoms with Crippen LogP contribution in [0.1, 0.15) is 25.0 Å². The van der Waals surface area contributed by atoms with Crippen molar-refractivity contribution >= 4 is 29.0 Å². The van der Waals surface area contributed by atoms with Crippen molar-refractivity contribution in [3.05, 3.63) is 70.6 Å². The molecule has 1 aliphatic rings. The zero-order chi connectivity index (χ0) is 18.5. The number of benzene rings is 2. The van der Waals surface area contributed by atoms with Crippen LogP contribution in [0.2, 0.25) is 0 Å². The largest absolute Gasteiger partial charge is 0.488 e. The van der Waals surface area contributed by atoms with Gasteiger partial charge in [-0.2, -0.15) is 0 Å². The van der Waals surface area contributed by atoms with Gasteiger partial charge in [-0.3, -0.25) is 14.5 Å². The first kappa shape index (κ1) is 18.3. The molecule has 5 heteroatoms. The zero-order valence-electron chi connectivity index (χ0n) is 14.8. The van der Waals surface area contributed by atoms with Gasteiger partial charge in [-0.15, -0.1) is 0 Å². The van der Waals surface area contributed by atoms with Crippen molar-refractivity contribution < 1.29 is 14.3 Å². The van der Waals surface area contributed by atoms with Gasteiger partial charge in [0.2, 0.25) is 0 Å². The van der Waals surface area contributed by atoms with E-state index < -0.39 is 0 Å². The average Bonchev–Trinajstić information content (AvgIpc) is 2.89. The Labute approximate surface area is 157 Å². The van der Waals surface area contributed by atoms with E-state index in [0.717, 1.165) is 22.9 Å². The molecule has 1 aliphatic heterocycles. The number of rotatable bonds is 6. The molecule has 0 bridgehead atoms. The van der Waals surface area contributed by atoms with Crippen LogP contribution in [0, 0.1) is 5.92 Å². The molecule has 0 saturated carbocycles. The molecule has 3 rings (SSSR count). The first-order valence-corrected chi connectivity index (χ1v) is 9.37. The molecule has 0 aromatic heterocycles. The maximum absolute atomic E-state index is 12.5. The van der Waals surface area contributed by atoms with Gasteiger partial charge >= 0.3 is 0 Å². The third kappa shape index (κ3) is 4.35. The zero-order valence-corrected chi connectivity index (χ0v) is 15.7. The van der Waals surface area contributed by atoms with E-state index in [1.54, 1.807) is 6.08 Å². The van der Waals surface area contributed by atoms with E-state index >= 15 is 0 Å². The van der Waals surface area contributed by atoms with Crippen LogP contribution in [0.25, 0.3) is 6.08 Å². The van der Waals surface area contributed by atoms with Crippen molar-refractivity contribution in [2.24, 2.45) is 5.92 Å². The number of imide groups is 1. The van der Waals surface area contributed by atoms with Crippen molar-refractivity contribution in [1.82, 2.24) is 4.90 Å². The summed E-state index contributed by atoms with van der Waals surface area (Å²) in [6.07, 6.45) is 1.74. The second-order valence-corrected chi connectivity index (χ2v) is 7.49. The molecule has 0 spiro atoms. The van der Waals surface area contributed by atoms with Crippen molar-refractivity contribution in [3.63, 3.8) is 0 Å². The minimum atomic E-state index is -0.230. The summed E-state index contributed by atoms with van der Waals surface area (Å²) in [5.74, 6) is 0.697. The van der Waals surface area contributed by atoms with Crippen LogP contribution in [0.15, 0.2) is 59.5 Å². The second kappa shape index (κ2) is 8.23. The van der Waals surface area contributed by atoms with Gasteiger partial charge in [0.05, 0.1) is 4.91 Å². The number of hydrogen-bond donors (Lipinski definition) is 0. The van der Waals surface area contributed by atoms with E-state index in [0.29, 0.717) is 23.8 Å². The molecule has 0 atom stereocenters. The number of para-hydroxylation sites is 1. The van der Waals surface area contributed by atoms with E-state index in [9.17, 15) is 9.59 Å². The molecule has 0 radical (unpaired) electrons. The van der Waals surface area contributed by atoms with E-state index in [-0.39, 0.29) is 17.1 Å². The molecule has 1 fully saturated rings. The van der Waals surface area contributed by atoms with Crippen LogP contribution in [-0.2, 0) is 11.4 Å². The quantitative estimate of drug-likeness (QED) is 0.677. The molecule has 0 unspecified atom stereocenters. The van der Waals surface area contributed by atoms with Crippen LogP contribution in [0.3, 0.4) is 0 Å². The lowest BCUT2D eigenvalue weighted by Gasteiger charge is -2.14. The smallest absolute Gasteiger partial charge is 0.293 e. The molecular weight excluding hydrogens is 346 g/mol. The van der Waals surface area contributed by atoms with Crippen molar-refractivity contribution in [2.75, 3.05) is 6.54 Å². The number of thioether (sulfide) groups is 1. The highest BCUT2D eigenvalue weighted by Crippen LogP contribution is 2.34. The topological polar surface area (TPSA) is 46.6 Å². The van der Waals surface area contributed by atoms with Crippen LogP contribution in [0.5, 0.6) is 5.75 Å². The van der Waals surface area contributed by atoms with Gasteiger partial charge < -0.3 is 4.74 Å². The van der Waals surface area contributed by atoms with Gasteiger partial charge in [0.15, 0.2) is 0 Å². The summed E-state index contributed by atoms with van der Waals surface area (Å²) in [6, 6.07) is 17.4. The minimum absolute atomic E-state index is 0.211. The van der Waals surface area contributed by atoms with Crippen LogP contribution in [0.4, 0.5) is 4.79 Å². The van der Waals surface area contributed by atoms with Crippen molar-refractivity contribution in [3.8, 4) is 5.75 Å². The van der Waals surface area contributed by atoms with Crippen LogP contribution >= 0.6 is 11.8 Å². The van der Waals surface area contributed by atoms with Crippen molar-refractivity contribution in [1.29, 1.82) is 0 Å². The third-order valence-electron chi connectivity index (χ3n) is 3.86. The molecular formula is C21H21NO3S. The first-order valence-electron chi connectivity index (χ1n) is 8.55. The Morgan fingerprint density at radius 1 is 1.04 bits per heavy atom. The van der Waals surface area contributed by atoms with Gasteiger partial charge in [-0.1, -0.05) is 62.4 Å². The van der Waals surface area contributed by atoms with Gasteiger partial charge in [0, 0.05) is 12.1 Å². The van der Waals surface area contributed by atoms with Gasteiger partial charge in [-0.05, 0) is 35.4 Å². The summed E-state index contributed by atoms with van der Waals surface area (Å²) in [5, 5.41) is -0.211. The lowest BCUT2D eigenvalue weighted by molar-refractivity contribution is -0.123. The second-order valence-electron chi connectivity index (χ2n) is 6.50. The lowest BCUT2D eigenvalue weighted by Crippen LogP contribution is -2.31. The van der Waals surface area contributed by atoms with Gasteiger partial charge in [0.1, 0.15) is 12.4 Å². The number of ether oxygens (including phenoxy) is 1. The molecule has 1 heterocycles. The normalized spacial score (nSPS) is 16.0. The fraction of sp³-hybridized carbons (Fsp3) is 0.238. The van der Waals surface area contributed by atoms with Crippen LogP contribution < -0.4 is 4.74 Å². The summed E-state index contributed by atoms with van der Waals surface area (Å²) >= 11 is 0.985. The maximum Gasteiger partial charge on any atom is 0.293 e. The summed E-state index contributed by atoms with van der Waals surface area (Å²) in [4.78, 5) is 26.4. The number of amides is 2. The standard InChI is InChI=1S/C21H21NO3S/c1-15(2)13-22-20(23)19(26-21(22)24)12-17-10-6-7-11-18(17)25-14-16-8-4-3-5-9-16/h3-12,15H,13-14H2,1-2H3/b19-12+. The number of carbonyl (C=O) groups is 2. The van der Waals surface area contributed by atoms with Crippen LogP contribution in [-0.4, -0.2) is 22.6 Å². The highest BCUT2D eigenvalue weighted by Gasteiger charge is 2.35. The Morgan fingerprint density at radius 3 is 2.46 bits per heavy atom. The summed E-state index contributed by atoms with van der Waals surface area (Å²) < 4.78 is 5.92. The SMILES string of the molecule is CC(C)CN1C(=O)S/C(=C/c2ccccc2OCc2ccccc2)C1=O. The van der Waals surface area contributed by atoms with E-state index in [2.05, 4.69) is 0 Å². The predicted molar refractivity (Wildman–Crippen MR) is 105 cm³/mol. The predicted octanol–water partition coefficient (Wildman–Crippen LogP) is 4.96. The molecule has 2 aromatic rings. The van der Waals surface area contributed by atoms with Gasteiger partial charge in [-0.25, -0.2) is 0 Å². The summed E-state index contributed by atoms with van der Waals surface area (Å²) in [5.41, 5.74) is 1.86. The summed E-state index contributed by atoms with van der Waals surface area (Å²) in [7, 11) is 0. The first-order chi connectivity index (χ1) is 12.5. The van der Waals surface area contributed by atoms with Gasteiger partial charge in [0.25, 0.3) is 11.1 Å². The molecule has 0 aliphatic carbocycles. The molecule has 2 aromatic carbocycles. The van der Waals surface area contributed by atoms with E-state index in [1.165, 1.54) is 4.90 Å². The fourth-order valence-electron chi connectivity index (χ4n) is 2.63. The molecule has 134 valence electrons. The molecule has 26 heavy (non-hydrogen) atoms. The van der Waals surface area contributed by atoms with E-state index in [1.807, 2.05) is 68.4 Å². The Bertz CT molecular complexity index is 830. The highest BCUT2D eigenvalue weighted by molar-refractivity contribution is 8.18. The lowest BCUT2D eigenvalue weighted by atomic mass is 10.1.